The highest BCUT2D eigenvalue weighted by atomic mass is 16.5. The lowest BCUT2D eigenvalue weighted by Gasteiger charge is -2.07. The summed E-state index contributed by atoms with van der Waals surface area (Å²) in [5.74, 6) is -0.379. The number of ether oxygens (including phenoxy) is 1. The van der Waals surface area contributed by atoms with Gasteiger partial charge >= 0.3 is 6.09 Å². The SMILES string of the molecule is CCCCCCCC(=O)NCC(=O)NCCNC(=O)OC. The summed E-state index contributed by atoms with van der Waals surface area (Å²) in [5, 5.41) is 7.58. The predicted octanol–water partition coefficient (Wildman–Crippen LogP) is 0.935. The van der Waals surface area contributed by atoms with E-state index in [-0.39, 0.29) is 24.9 Å². The number of carbonyl (C=O) groups is 3. The maximum Gasteiger partial charge on any atom is 0.406 e. The van der Waals surface area contributed by atoms with Gasteiger partial charge < -0.3 is 20.7 Å². The second kappa shape index (κ2) is 13.2. The lowest BCUT2D eigenvalue weighted by atomic mass is 10.1. The standard InChI is InChI=1S/C14H27N3O4/c1-3-4-5-6-7-8-12(18)17-11-13(19)15-9-10-16-14(20)21-2/h3-11H2,1-2H3,(H,15,19)(H,16,20)(H,17,18). The Morgan fingerprint density at radius 3 is 2.19 bits per heavy atom. The average Bonchev–Trinajstić information content (AvgIpc) is 2.49. The van der Waals surface area contributed by atoms with Gasteiger partial charge in [-0.15, -0.1) is 0 Å². The maximum absolute atomic E-state index is 11.5. The van der Waals surface area contributed by atoms with E-state index >= 15 is 0 Å². The molecular weight excluding hydrogens is 274 g/mol. The summed E-state index contributed by atoms with van der Waals surface area (Å²) in [6.07, 6.45) is 5.35. The molecule has 3 amide bonds. The molecule has 7 heteroatoms. The Hall–Kier alpha value is -1.79. The second-order valence-corrected chi connectivity index (χ2v) is 4.71. The highest BCUT2D eigenvalue weighted by Gasteiger charge is 2.05. The Balaban J connectivity index is 3.46. The Labute approximate surface area is 126 Å². The molecule has 0 aromatic heterocycles. The fraction of sp³-hybridized carbons (Fsp3) is 0.786. The predicted molar refractivity (Wildman–Crippen MR) is 79.8 cm³/mol. The molecule has 0 fully saturated rings. The number of carbonyl (C=O) groups excluding carboxylic acids is 3. The fourth-order valence-corrected chi connectivity index (χ4v) is 1.66. The molecule has 3 N–H and O–H groups in total. The molecule has 21 heavy (non-hydrogen) atoms. The Morgan fingerprint density at radius 2 is 1.52 bits per heavy atom. The van der Waals surface area contributed by atoms with E-state index in [1.165, 1.54) is 20.0 Å². The van der Waals surface area contributed by atoms with Crippen molar-refractivity contribution in [3.8, 4) is 0 Å². The van der Waals surface area contributed by atoms with E-state index in [1.807, 2.05) is 0 Å². The Morgan fingerprint density at radius 1 is 0.857 bits per heavy atom. The van der Waals surface area contributed by atoms with Crippen LogP contribution in [0.15, 0.2) is 0 Å². The lowest BCUT2D eigenvalue weighted by molar-refractivity contribution is -0.126. The second-order valence-electron chi connectivity index (χ2n) is 4.71. The number of unbranched alkanes of at least 4 members (excludes halogenated alkanes) is 4. The van der Waals surface area contributed by atoms with Crippen molar-refractivity contribution in [1.29, 1.82) is 0 Å². The van der Waals surface area contributed by atoms with Gasteiger partial charge in [-0.25, -0.2) is 4.79 Å². The highest BCUT2D eigenvalue weighted by Crippen LogP contribution is 2.04. The number of hydrogen-bond acceptors (Lipinski definition) is 4. The number of nitrogens with one attached hydrogen (secondary N) is 3. The molecule has 122 valence electrons. The lowest BCUT2D eigenvalue weighted by Crippen LogP contribution is -2.40. The fourth-order valence-electron chi connectivity index (χ4n) is 1.66. The van der Waals surface area contributed by atoms with Crippen molar-refractivity contribution in [2.75, 3.05) is 26.7 Å². The minimum atomic E-state index is -0.541. The molecule has 0 unspecified atom stereocenters. The summed E-state index contributed by atoms with van der Waals surface area (Å²) in [4.78, 5) is 33.6. The zero-order valence-corrected chi connectivity index (χ0v) is 13.0. The summed E-state index contributed by atoms with van der Waals surface area (Å²) < 4.78 is 4.38. The quantitative estimate of drug-likeness (QED) is 0.495. The van der Waals surface area contributed by atoms with E-state index in [1.54, 1.807) is 0 Å². The van der Waals surface area contributed by atoms with Crippen LogP contribution in [0, 0.1) is 0 Å². The van der Waals surface area contributed by atoms with Gasteiger partial charge in [0.2, 0.25) is 11.8 Å². The molecule has 0 saturated heterocycles. The molecule has 0 aromatic carbocycles. The maximum atomic E-state index is 11.5. The van der Waals surface area contributed by atoms with Gasteiger partial charge in [-0.05, 0) is 6.42 Å². The molecule has 0 bridgehead atoms. The van der Waals surface area contributed by atoms with E-state index in [9.17, 15) is 14.4 Å². The normalized spacial score (nSPS) is 9.81. The number of amides is 3. The summed E-state index contributed by atoms with van der Waals surface area (Å²) in [6, 6.07) is 0. The average molecular weight is 301 g/mol. The minimum Gasteiger partial charge on any atom is -0.453 e. The van der Waals surface area contributed by atoms with Crippen LogP contribution >= 0.6 is 0 Å². The molecule has 0 aliphatic rings. The first-order valence-electron chi connectivity index (χ1n) is 7.45. The van der Waals surface area contributed by atoms with Crippen LogP contribution in [-0.4, -0.2) is 44.7 Å². The molecule has 0 saturated carbocycles. The van der Waals surface area contributed by atoms with Gasteiger partial charge in [0.05, 0.1) is 13.7 Å². The highest BCUT2D eigenvalue weighted by molar-refractivity contribution is 5.84. The molecular formula is C14H27N3O4. The third-order valence-corrected chi connectivity index (χ3v) is 2.86. The monoisotopic (exact) mass is 301 g/mol. The van der Waals surface area contributed by atoms with Crippen molar-refractivity contribution in [3.63, 3.8) is 0 Å². The molecule has 0 aliphatic heterocycles. The van der Waals surface area contributed by atoms with Gasteiger partial charge in [0.25, 0.3) is 0 Å². The molecule has 7 nitrogen and oxygen atoms in total. The first kappa shape index (κ1) is 19.2. The van der Waals surface area contributed by atoms with Crippen molar-refractivity contribution < 1.29 is 19.1 Å². The summed E-state index contributed by atoms with van der Waals surface area (Å²) in [6.45, 7) is 2.68. The molecule has 0 spiro atoms. The van der Waals surface area contributed by atoms with E-state index in [2.05, 4.69) is 27.6 Å². The van der Waals surface area contributed by atoms with Crippen LogP contribution in [0.5, 0.6) is 0 Å². The number of methoxy groups -OCH3 is 1. The van der Waals surface area contributed by atoms with Crippen molar-refractivity contribution in [2.24, 2.45) is 0 Å². The van der Waals surface area contributed by atoms with Gasteiger partial charge in [0.15, 0.2) is 0 Å². The zero-order chi connectivity index (χ0) is 15.9. The smallest absolute Gasteiger partial charge is 0.406 e. The molecule has 0 aromatic rings. The minimum absolute atomic E-state index is 0.0357. The Kier molecular flexibility index (Phi) is 12.1. The number of alkyl carbamates (subject to hydrolysis) is 1. The van der Waals surface area contributed by atoms with Gasteiger partial charge in [0, 0.05) is 19.5 Å². The van der Waals surface area contributed by atoms with E-state index < -0.39 is 6.09 Å². The van der Waals surface area contributed by atoms with Crippen molar-refractivity contribution in [1.82, 2.24) is 16.0 Å². The van der Waals surface area contributed by atoms with Crippen LogP contribution in [0.2, 0.25) is 0 Å². The number of hydrogen-bond donors (Lipinski definition) is 3. The molecule has 0 heterocycles. The summed E-state index contributed by atoms with van der Waals surface area (Å²) in [7, 11) is 1.27. The first-order chi connectivity index (χ1) is 10.1. The van der Waals surface area contributed by atoms with Gasteiger partial charge in [-0.2, -0.15) is 0 Å². The van der Waals surface area contributed by atoms with Crippen LogP contribution in [0.1, 0.15) is 45.4 Å². The topological polar surface area (TPSA) is 96.5 Å². The molecule has 0 rings (SSSR count). The van der Waals surface area contributed by atoms with E-state index in [4.69, 9.17) is 0 Å². The van der Waals surface area contributed by atoms with Crippen LogP contribution in [0.3, 0.4) is 0 Å². The van der Waals surface area contributed by atoms with Gasteiger partial charge in [-0.3, -0.25) is 9.59 Å². The summed E-state index contributed by atoms with van der Waals surface area (Å²) >= 11 is 0. The Bertz CT molecular complexity index is 321. The zero-order valence-electron chi connectivity index (χ0n) is 13.0. The van der Waals surface area contributed by atoms with Crippen LogP contribution in [-0.2, 0) is 14.3 Å². The molecule has 0 atom stereocenters. The van der Waals surface area contributed by atoms with Crippen molar-refractivity contribution in [2.45, 2.75) is 45.4 Å². The molecule has 0 radical (unpaired) electrons. The van der Waals surface area contributed by atoms with E-state index in [0.717, 1.165) is 19.3 Å². The first-order valence-corrected chi connectivity index (χ1v) is 7.45. The van der Waals surface area contributed by atoms with Crippen LogP contribution < -0.4 is 16.0 Å². The van der Waals surface area contributed by atoms with Gasteiger partial charge in [-0.1, -0.05) is 32.6 Å². The summed E-state index contributed by atoms with van der Waals surface area (Å²) in [5.41, 5.74) is 0. The van der Waals surface area contributed by atoms with Crippen molar-refractivity contribution >= 4 is 17.9 Å². The van der Waals surface area contributed by atoms with Crippen molar-refractivity contribution in [3.05, 3.63) is 0 Å². The molecule has 0 aliphatic carbocycles. The van der Waals surface area contributed by atoms with Crippen LogP contribution in [0.4, 0.5) is 4.79 Å². The van der Waals surface area contributed by atoms with E-state index in [0.29, 0.717) is 13.0 Å². The largest absolute Gasteiger partial charge is 0.453 e. The third-order valence-electron chi connectivity index (χ3n) is 2.86. The number of rotatable bonds is 11. The third kappa shape index (κ3) is 13.0. The van der Waals surface area contributed by atoms with Crippen LogP contribution in [0.25, 0.3) is 0 Å². The van der Waals surface area contributed by atoms with Gasteiger partial charge in [0.1, 0.15) is 0 Å².